The van der Waals surface area contributed by atoms with Crippen LogP contribution in [0.1, 0.15) is 30.9 Å². The molecule has 0 heterocycles. The van der Waals surface area contributed by atoms with E-state index in [0.29, 0.717) is 11.5 Å². The lowest BCUT2D eigenvalue weighted by Crippen LogP contribution is -2.14. The number of rotatable bonds is 4. The number of hydrogen-bond acceptors (Lipinski definition) is 2. The summed E-state index contributed by atoms with van der Waals surface area (Å²) in [7, 11) is 0. The molecule has 0 aliphatic rings. The SMILES string of the molecule is CC(C)c1cccc(NC(=O)Cc2ccccc2O)c1. The lowest BCUT2D eigenvalue weighted by atomic mass is 10.0. The minimum atomic E-state index is -0.132. The Hall–Kier alpha value is -2.29. The molecule has 0 saturated carbocycles. The number of hydrogen-bond donors (Lipinski definition) is 2. The highest BCUT2D eigenvalue weighted by Gasteiger charge is 2.08. The van der Waals surface area contributed by atoms with Crippen LogP contribution in [0.25, 0.3) is 0 Å². The van der Waals surface area contributed by atoms with E-state index in [2.05, 4.69) is 19.2 Å². The molecule has 0 aromatic heterocycles. The van der Waals surface area contributed by atoms with E-state index in [9.17, 15) is 9.90 Å². The van der Waals surface area contributed by atoms with Gasteiger partial charge in [0.15, 0.2) is 0 Å². The number of phenols is 1. The molecule has 104 valence electrons. The molecule has 0 aliphatic carbocycles. The third-order valence-electron chi connectivity index (χ3n) is 3.18. The van der Waals surface area contributed by atoms with Gasteiger partial charge < -0.3 is 10.4 Å². The molecule has 0 atom stereocenters. The Bertz CT molecular complexity index is 605. The van der Waals surface area contributed by atoms with Crippen molar-refractivity contribution in [3.8, 4) is 5.75 Å². The van der Waals surface area contributed by atoms with Crippen molar-refractivity contribution in [1.29, 1.82) is 0 Å². The number of carbonyl (C=O) groups excluding carboxylic acids is 1. The van der Waals surface area contributed by atoms with E-state index in [4.69, 9.17) is 0 Å². The molecule has 0 unspecified atom stereocenters. The number of nitrogens with one attached hydrogen (secondary N) is 1. The van der Waals surface area contributed by atoms with Crippen LogP contribution in [0.5, 0.6) is 5.75 Å². The second kappa shape index (κ2) is 6.24. The van der Waals surface area contributed by atoms with Crippen molar-refractivity contribution in [2.24, 2.45) is 0 Å². The molecule has 0 saturated heterocycles. The van der Waals surface area contributed by atoms with Crippen LogP contribution in [0.2, 0.25) is 0 Å². The fraction of sp³-hybridized carbons (Fsp3) is 0.235. The van der Waals surface area contributed by atoms with Gasteiger partial charge in [-0.05, 0) is 29.7 Å². The average Bonchev–Trinajstić information content (AvgIpc) is 2.41. The summed E-state index contributed by atoms with van der Waals surface area (Å²) < 4.78 is 0. The van der Waals surface area contributed by atoms with Crippen molar-refractivity contribution in [3.05, 3.63) is 59.7 Å². The van der Waals surface area contributed by atoms with E-state index in [1.165, 1.54) is 5.56 Å². The van der Waals surface area contributed by atoms with Crippen LogP contribution >= 0.6 is 0 Å². The first-order chi connectivity index (χ1) is 9.56. The molecule has 3 nitrogen and oxygen atoms in total. The quantitative estimate of drug-likeness (QED) is 0.889. The summed E-state index contributed by atoms with van der Waals surface area (Å²) in [4.78, 5) is 12.0. The van der Waals surface area contributed by atoms with Crippen molar-refractivity contribution < 1.29 is 9.90 Å². The van der Waals surface area contributed by atoms with E-state index in [1.54, 1.807) is 18.2 Å². The van der Waals surface area contributed by atoms with Crippen molar-refractivity contribution in [2.45, 2.75) is 26.2 Å². The minimum Gasteiger partial charge on any atom is -0.508 e. The largest absolute Gasteiger partial charge is 0.508 e. The average molecular weight is 269 g/mol. The van der Waals surface area contributed by atoms with Crippen LogP contribution in [0, 0.1) is 0 Å². The third-order valence-corrected chi connectivity index (χ3v) is 3.18. The molecule has 2 aromatic carbocycles. The zero-order chi connectivity index (χ0) is 14.5. The maximum atomic E-state index is 12.0. The normalized spacial score (nSPS) is 10.6. The van der Waals surface area contributed by atoms with Gasteiger partial charge in [-0.2, -0.15) is 0 Å². The summed E-state index contributed by atoms with van der Waals surface area (Å²) in [6.45, 7) is 4.23. The van der Waals surface area contributed by atoms with Crippen LogP contribution < -0.4 is 5.32 Å². The zero-order valence-corrected chi connectivity index (χ0v) is 11.8. The van der Waals surface area contributed by atoms with Gasteiger partial charge in [0.05, 0.1) is 6.42 Å². The number of amides is 1. The van der Waals surface area contributed by atoms with Crippen molar-refractivity contribution in [2.75, 3.05) is 5.32 Å². The minimum absolute atomic E-state index is 0.132. The molecule has 2 rings (SSSR count). The van der Waals surface area contributed by atoms with Gasteiger partial charge in [0.1, 0.15) is 5.75 Å². The lowest BCUT2D eigenvalue weighted by molar-refractivity contribution is -0.115. The van der Waals surface area contributed by atoms with Crippen molar-refractivity contribution in [1.82, 2.24) is 0 Å². The van der Waals surface area contributed by atoms with E-state index in [-0.39, 0.29) is 18.1 Å². The molecule has 0 fully saturated rings. The Kier molecular flexibility index (Phi) is 4.41. The Morgan fingerprint density at radius 2 is 1.90 bits per heavy atom. The van der Waals surface area contributed by atoms with E-state index in [0.717, 1.165) is 5.69 Å². The van der Waals surface area contributed by atoms with Crippen molar-refractivity contribution in [3.63, 3.8) is 0 Å². The number of anilines is 1. The Morgan fingerprint density at radius 1 is 1.15 bits per heavy atom. The second-order valence-corrected chi connectivity index (χ2v) is 5.13. The summed E-state index contributed by atoms with van der Waals surface area (Å²) in [5.74, 6) is 0.441. The van der Waals surface area contributed by atoms with Crippen LogP contribution in [0.3, 0.4) is 0 Å². The van der Waals surface area contributed by atoms with Gasteiger partial charge in [0.2, 0.25) is 5.91 Å². The summed E-state index contributed by atoms with van der Waals surface area (Å²) in [5, 5.41) is 12.5. The van der Waals surface area contributed by atoms with Gasteiger partial charge in [-0.1, -0.05) is 44.2 Å². The van der Waals surface area contributed by atoms with Gasteiger partial charge in [-0.3, -0.25) is 4.79 Å². The number of aromatic hydroxyl groups is 1. The Balaban J connectivity index is 2.05. The van der Waals surface area contributed by atoms with E-state index in [1.807, 2.05) is 30.3 Å². The van der Waals surface area contributed by atoms with Crippen LogP contribution in [0.15, 0.2) is 48.5 Å². The summed E-state index contributed by atoms with van der Waals surface area (Å²) in [6, 6.07) is 14.7. The Morgan fingerprint density at radius 3 is 2.60 bits per heavy atom. The summed E-state index contributed by atoms with van der Waals surface area (Å²) in [6.07, 6.45) is 0.165. The summed E-state index contributed by atoms with van der Waals surface area (Å²) >= 11 is 0. The first-order valence-corrected chi connectivity index (χ1v) is 6.73. The predicted molar refractivity (Wildman–Crippen MR) is 81.0 cm³/mol. The van der Waals surface area contributed by atoms with Gasteiger partial charge in [0.25, 0.3) is 0 Å². The number of benzene rings is 2. The highest BCUT2D eigenvalue weighted by Crippen LogP contribution is 2.20. The number of phenolic OH excluding ortho intramolecular Hbond substituents is 1. The smallest absolute Gasteiger partial charge is 0.228 e. The molecular weight excluding hydrogens is 250 g/mol. The molecule has 0 radical (unpaired) electrons. The van der Waals surface area contributed by atoms with E-state index >= 15 is 0 Å². The monoisotopic (exact) mass is 269 g/mol. The molecule has 0 spiro atoms. The predicted octanol–water partition coefficient (Wildman–Crippen LogP) is 3.70. The van der Waals surface area contributed by atoms with Crippen LogP contribution in [-0.4, -0.2) is 11.0 Å². The van der Waals surface area contributed by atoms with Gasteiger partial charge in [-0.15, -0.1) is 0 Å². The second-order valence-electron chi connectivity index (χ2n) is 5.13. The molecule has 3 heteroatoms. The van der Waals surface area contributed by atoms with Gasteiger partial charge >= 0.3 is 0 Å². The first-order valence-electron chi connectivity index (χ1n) is 6.73. The summed E-state index contributed by atoms with van der Waals surface area (Å²) in [5.41, 5.74) is 2.60. The maximum absolute atomic E-state index is 12.0. The molecule has 20 heavy (non-hydrogen) atoms. The standard InChI is InChI=1S/C17H19NO2/c1-12(2)13-7-5-8-15(10-13)18-17(20)11-14-6-3-4-9-16(14)19/h3-10,12,19H,11H2,1-2H3,(H,18,20). The molecule has 0 bridgehead atoms. The lowest BCUT2D eigenvalue weighted by Gasteiger charge is -2.10. The molecule has 1 amide bonds. The van der Waals surface area contributed by atoms with Crippen LogP contribution in [-0.2, 0) is 11.2 Å². The highest BCUT2D eigenvalue weighted by molar-refractivity contribution is 5.92. The topological polar surface area (TPSA) is 49.3 Å². The molecular formula is C17H19NO2. The zero-order valence-electron chi connectivity index (χ0n) is 11.8. The number of para-hydroxylation sites is 1. The molecule has 0 aliphatic heterocycles. The highest BCUT2D eigenvalue weighted by atomic mass is 16.3. The number of carbonyl (C=O) groups is 1. The van der Waals surface area contributed by atoms with E-state index < -0.39 is 0 Å². The molecule has 2 aromatic rings. The van der Waals surface area contributed by atoms with Crippen LogP contribution in [0.4, 0.5) is 5.69 Å². The first kappa shape index (κ1) is 14.1. The fourth-order valence-corrected chi connectivity index (χ4v) is 2.01. The molecule has 2 N–H and O–H groups in total. The fourth-order valence-electron chi connectivity index (χ4n) is 2.01. The maximum Gasteiger partial charge on any atom is 0.228 e. The Labute approximate surface area is 119 Å². The van der Waals surface area contributed by atoms with Gasteiger partial charge in [0, 0.05) is 11.3 Å². The van der Waals surface area contributed by atoms with Crippen molar-refractivity contribution >= 4 is 11.6 Å². The third kappa shape index (κ3) is 3.60. The van der Waals surface area contributed by atoms with Gasteiger partial charge in [-0.25, -0.2) is 0 Å².